The minimum atomic E-state index is -0.872. The maximum absolute atomic E-state index is 11.7. The molecule has 5 heteroatoms. The SMILES string of the molecule is CC1(NC(=O)C2CC2C(=O)O)CCOC1. The van der Waals surface area contributed by atoms with E-state index in [0.29, 0.717) is 19.6 Å². The van der Waals surface area contributed by atoms with Gasteiger partial charge >= 0.3 is 5.97 Å². The zero-order chi connectivity index (χ0) is 11.1. The topological polar surface area (TPSA) is 75.6 Å². The molecule has 0 aromatic rings. The lowest BCUT2D eigenvalue weighted by atomic mass is 10.0. The number of carboxylic acids is 1. The third-order valence-corrected chi connectivity index (χ3v) is 3.09. The van der Waals surface area contributed by atoms with Gasteiger partial charge in [0.15, 0.2) is 0 Å². The van der Waals surface area contributed by atoms with Crippen LogP contribution in [0.3, 0.4) is 0 Å². The van der Waals surface area contributed by atoms with Crippen molar-refractivity contribution in [3.63, 3.8) is 0 Å². The monoisotopic (exact) mass is 213 g/mol. The number of ether oxygens (including phenoxy) is 1. The molecule has 0 radical (unpaired) electrons. The summed E-state index contributed by atoms with van der Waals surface area (Å²) in [5.74, 6) is -1.82. The van der Waals surface area contributed by atoms with E-state index < -0.39 is 11.9 Å². The Morgan fingerprint density at radius 2 is 2.20 bits per heavy atom. The van der Waals surface area contributed by atoms with E-state index in [0.717, 1.165) is 6.42 Å². The summed E-state index contributed by atoms with van der Waals surface area (Å²) < 4.78 is 5.20. The highest BCUT2D eigenvalue weighted by Gasteiger charge is 2.49. The van der Waals surface area contributed by atoms with Crippen LogP contribution in [-0.2, 0) is 14.3 Å². The summed E-state index contributed by atoms with van der Waals surface area (Å²) in [4.78, 5) is 22.2. The average Bonchev–Trinajstić information content (AvgIpc) is 2.85. The van der Waals surface area contributed by atoms with E-state index in [9.17, 15) is 9.59 Å². The molecule has 5 nitrogen and oxygen atoms in total. The summed E-state index contributed by atoms with van der Waals surface area (Å²) in [6, 6.07) is 0. The molecule has 1 saturated carbocycles. The zero-order valence-corrected chi connectivity index (χ0v) is 8.66. The van der Waals surface area contributed by atoms with Crippen LogP contribution in [0, 0.1) is 11.8 Å². The molecule has 2 rings (SSSR count). The number of hydrogen-bond acceptors (Lipinski definition) is 3. The van der Waals surface area contributed by atoms with Crippen LogP contribution in [0.25, 0.3) is 0 Å². The van der Waals surface area contributed by atoms with Crippen LogP contribution in [0.15, 0.2) is 0 Å². The third-order valence-electron chi connectivity index (χ3n) is 3.09. The van der Waals surface area contributed by atoms with Crippen LogP contribution in [0.4, 0.5) is 0 Å². The Labute approximate surface area is 87.8 Å². The Kier molecular flexibility index (Phi) is 2.42. The van der Waals surface area contributed by atoms with Crippen LogP contribution >= 0.6 is 0 Å². The molecule has 3 unspecified atom stereocenters. The van der Waals surface area contributed by atoms with Crippen molar-refractivity contribution in [3.05, 3.63) is 0 Å². The van der Waals surface area contributed by atoms with Gasteiger partial charge in [-0.1, -0.05) is 0 Å². The van der Waals surface area contributed by atoms with Gasteiger partial charge in [-0.2, -0.15) is 0 Å². The van der Waals surface area contributed by atoms with E-state index in [2.05, 4.69) is 5.32 Å². The standard InChI is InChI=1S/C10H15NO4/c1-10(2-3-15-5-10)11-8(12)6-4-7(6)9(13)14/h6-7H,2-5H2,1H3,(H,11,12)(H,13,14). The largest absolute Gasteiger partial charge is 0.481 e. The number of amides is 1. The summed E-state index contributed by atoms with van der Waals surface area (Å²) in [6.07, 6.45) is 1.27. The van der Waals surface area contributed by atoms with Crippen molar-refractivity contribution in [2.24, 2.45) is 11.8 Å². The van der Waals surface area contributed by atoms with Gasteiger partial charge in [0.1, 0.15) is 0 Å². The molecule has 0 bridgehead atoms. The molecule has 0 aromatic heterocycles. The number of carbonyl (C=O) groups excluding carboxylic acids is 1. The zero-order valence-electron chi connectivity index (χ0n) is 8.66. The first kappa shape index (κ1) is 10.4. The Hall–Kier alpha value is -1.10. The lowest BCUT2D eigenvalue weighted by Gasteiger charge is -2.23. The molecule has 2 N–H and O–H groups in total. The van der Waals surface area contributed by atoms with Crippen molar-refractivity contribution in [2.45, 2.75) is 25.3 Å². The summed E-state index contributed by atoms with van der Waals surface area (Å²) in [7, 11) is 0. The number of carboxylic acid groups (broad SMARTS) is 1. The molecule has 0 aromatic carbocycles. The van der Waals surface area contributed by atoms with Crippen LogP contribution < -0.4 is 5.32 Å². The summed E-state index contributed by atoms with van der Waals surface area (Å²) >= 11 is 0. The highest BCUT2D eigenvalue weighted by molar-refractivity contribution is 5.89. The Balaban J connectivity index is 1.86. The molecule has 2 aliphatic rings. The fraction of sp³-hybridized carbons (Fsp3) is 0.800. The molecule has 15 heavy (non-hydrogen) atoms. The smallest absolute Gasteiger partial charge is 0.307 e. The molecule has 84 valence electrons. The first-order valence-electron chi connectivity index (χ1n) is 5.14. The molecular weight excluding hydrogens is 198 g/mol. The van der Waals surface area contributed by atoms with E-state index in [1.54, 1.807) is 0 Å². The maximum Gasteiger partial charge on any atom is 0.307 e. The number of aliphatic carboxylic acids is 1. The lowest BCUT2D eigenvalue weighted by molar-refractivity contribution is -0.140. The fourth-order valence-corrected chi connectivity index (χ4v) is 1.91. The van der Waals surface area contributed by atoms with Gasteiger partial charge in [0.05, 0.1) is 24.0 Å². The van der Waals surface area contributed by atoms with Crippen molar-refractivity contribution >= 4 is 11.9 Å². The van der Waals surface area contributed by atoms with E-state index in [4.69, 9.17) is 9.84 Å². The van der Waals surface area contributed by atoms with Crippen molar-refractivity contribution in [1.29, 1.82) is 0 Å². The van der Waals surface area contributed by atoms with E-state index in [1.165, 1.54) is 0 Å². The molecule has 1 amide bonds. The molecule has 3 atom stereocenters. The molecular formula is C10H15NO4. The predicted molar refractivity (Wildman–Crippen MR) is 51.2 cm³/mol. The summed E-state index contributed by atoms with van der Waals surface area (Å²) in [5, 5.41) is 11.6. The molecule has 1 saturated heterocycles. The van der Waals surface area contributed by atoms with Crippen molar-refractivity contribution in [3.8, 4) is 0 Å². The van der Waals surface area contributed by atoms with Gasteiger partial charge in [0.2, 0.25) is 5.91 Å². The van der Waals surface area contributed by atoms with E-state index in [-0.39, 0.29) is 17.4 Å². The first-order valence-corrected chi connectivity index (χ1v) is 5.14. The second-order valence-electron chi connectivity index (χ2n) is 4.64. The summed E-state index contributed by atoms with van der Waals surface area (Å²) in [6.45, 7) is 3.10. The van der Waals surface area contributed by atoms with Gasteiger partial charge in [-0.15, -0.1) is 0 Å². The quantitative estimate of drug-likeness (QED) is 0.692. The number of nitrogens with one attached hydrogen (secondary N) is 1. The van der Waals surface area contributed by atoms with Crippen molar-refractivity contribution < 1.29 is 19.4 Å². The van der Waals surface area contributed by atoms with Crippen LogP contribution in [0.1, 0.15) is 19.8 Å². The van der Waals surface area contributed by atoms with Gasteiger partial charge in [0.25, 0.3) is 0 Å². The molecule has 2 fully saturated rings. The summed E-state index contributed by atoms with van der Waals surface area (Å²) in [5.41, 5.74) is -0.303. The molecule has 1 aliphatic carbocycles. The second kappa shape index (κ2) is 3.48. The lowest BCUT2D eigenvalue weighted by Crippen LogP contribution is -2.47. The molecule has 1 aliphatic heterocycles. The molecule has 0 spiro atoms. The van der Waals surface area contributed by atoms with Gasteiger partial charge in [-0.25, -0.2) is 0 Å². The normalized spacial score (nSPS) is 38.7. The van der Waals surface area contributed by atoms with Crippen LogP contribution in [0.5, 0.6) is 0 Å². The van der Waals surface area contributed by atoms with E-state index in [1.807, 2.05) is 6.92 Å². The number of hydrogen-bond donors (Lipinski definition) is 2. The van der Waals surface area contributed by atoms with E-state index >= 15 is 0 Å². The average molecular weight is 213 g/mol. The minimum Gasteiger partial charge on any atom is -0.481 e. The number of carbonyl (C=O) groups is 2. The van der Waals surface area contributed by atoms with Gasteiger partial charge in [-0.3, -0.25) is 9.59 Å². The highest BCUT2D eigenvalue weighted by atomic mass is 16.5. The predicted octanol–water partition coefficient (Wildman–Crippen LogP) is 0.00230. The Morgan fingerprint density at radius 1 is 1.47 bits per heavy atom. The first-order chi connectivity index (χ1) is 7.02. The Morgan fingerprint density at radius 3 is 2.67 bits per heavy atom. The maximum atomic E-state index is 11.7. The van der Waals surface area contributed by atoms with Crippen LogP contribution in [-0.4, -0.2) is 35.7 Å². The molecule has 1 heterocycles. The second-order valence-corrected chi connectivity index (χ2v) is 4.64. The fourth-order valence-electron chi connectivity index (χ4n) is 1.91. The third kappa shape index (κ3) is 2.12. The van der Waals surface area contributed by atoms with Crippen LogP contribution in [0.2, 0.25) is 0 Å². The van der Waals surface area contributed by atoms with Crippen molar-refractivity contribution in [1.82, 2.24) is 5.32 Å². The minimum absolute atomic E-state index is 0.143. The van der Waals surface area contributed by atoms with Gasteiger partial charge < -0.3 is 15.2 Å². The highest BCUT2D eigenvalue weighted by Crippen LogP contribution is 2.39. The van der Waals surface area contributed by atoms with Gasteiger partial charge in [0, 0.05) is 6.61 Å². The van der Waals surface area contributed by atoms with Gasteiger partial charge in [-0.05, 0) is 19.8 Å². The van der Waals surface area contributed by atoms with Crippen molar-refractivity contribution in [2.75, 3.05) is 13.2 Å². The Bertz CT molecular complexity index is 296. The number of rotatable bonds is 3.